The molecular weight excluding hydrogens is 262 g/mol. The maximum atomic E-state index is 13.5. The summed E-state index contributed by atoms with van der Waals surface area (Å²) in [5.41, 5.74) is 2.16. The van der Waals surface area contributed by atoms with Crippen molar-refractivity contribution < 1.29 is 8.78 Å². The minimum atomic E-state index is -0.590. The SMILES string of the molecule is Cc1ccn2nc(NCc3ccc(F)cc3F)nc2c1. The number of aromatic nitrogens is 3. The van der Waals surface area contributed by atoms with Crippen molar-refractivity contribution in [3.63, 3.8) is 0 Å². The summed E-state index contributed by atoms with van der Waals surface area (Å²) in [6.07, 6.45) is 1.81. The Bertz CT molecular complexity index is 767. The molecule has 0 saturated carbocycles. The number of pyridine rings is 1. The van der Waals surface area contributed by atoms with Crippen LogP contribution in [0.4, 0.5) is 14.7 Å². The highest BCUT2D eigenvalue weighted by Crippen LogP contribution is 2.12. The van der Waals surface area contributed by atoms with Crippen LogP contribution in [-0.4, -0.2) is 14.6 Å². The molecule has 2 heterocycles. The van der Waals surface area contributed by atoms with Crippen LogP contribution in [0.25, 0.3) is 5.65 Å². The van der Waals surface area contributed by atoms with E-state index in [-0.39, 0.29) is 6.54 Å². The van der Waals surface area contributed by atoms with Crippen molar-refractivity contribution in [2.75, 3.05) is 5.32 Å². The summed E-state index contributed by atoms with van der Waals surface area (Å²) in [5, 5.41) is 7.14. The predicted octanol–water partition coefficient (Wildman–Crippen LogP) is 2.93. The number of nitrogens with one attached hydrogen (secondary N) is 1. The van der Waals surface area contributed by atoms with E-state index in [4.69, 9.17) is 0 Å². The lowest BCUT2D eigenvalue weighted by Crippen LogP contribution is -2.03. The van der Waals surface area contributed by atoms with Crippen molar-refractivity contribution in [1.82, 2.24) is 14.6 Å². The highest BCUT2D eigenvalue weighted by molar-refractivity contribution is 5.45. The maximum absolute atomic E-state index is 13.5. The number of hydrogen-bond acceptors (Lipinski definition) is 3. The Morgan fingerprint density at radius 1 is 1.20 bits per heavy atom. The van der Waals surface area contributed by atoms with Crippen molar-refractivity contribution in [2.24, 2.45) is 0 Å². The summed E-state index contributed by atoms with van der Waals surface area (Å²) < 4.78 is 27.9. The van der Waals surface area contributed by atoms with Crippen LogP contribution < -0.4 is 5.32 Å². The van der Waals surface area contributed by atoms with Gasteiger partial charge in [-0.15, -0.1) is 5.10 Å². The van der Waals surface area contributed by atoms with Gasteiger partial charge in [-0.2, -0.15) is 4.98 Å². The number of nitrogens with zero attached hydrogens (tertiary/aromatic N) is 3. The third kappa shape index (κ3) is 2.45. The monoisotopic (exact) mass is 274 g/mol. The molecule has 4 nitrogen and oxygen atoms in total. The van der Waals surface area contributed by atoms with Crippen molar-refractivity contribution >= 4 is 11.6 Å². The Hall–Kier alpha value is -2.50. The second-order valence-corrected chi connectivity index (χ2v) is 4.53. The molecule has 0 radical (unpaired) electrons. The lowest BCUT2D eigenvalue weighted by molar-refractivity contribution is 0.574. The average Bonchev–Trinajstić information content (AvgIpc) is 2.79. The van der Waals surface area contributed by atoms with E-state index in [9.17, 15) is 8.78 Å². The molecule has 0 unspecified atom stereocenters. The number of anilines is 1. The second-order valence-electron chi connectivity index (χ2n) is 4.53. The molecule has 20 heavy (non-hydrogen) atoms. The Morgan fingerprint density at radius 3 is 2.85 bits per heavy atom. The highest BCUT2D eigenvalue weighted by Gasteiger charge is 2.06. The Morgan fingerprint density at radius 2 is 2.05 bits per heavy atom. The quantitative estimate of drug-likeness (QED) is 0.798. The number of benzene rings is 1. The van der Waals surface area contributed by atoms with Crippen LogP contribution in [0.2, 0.25) is 0 Å². The van der Waals surface area contributed by atoms with Crippen molar-refractivity contribution in [1.29, 1.82) is 0 Å². The van der Waals surface area contributed by atoms with E-state index in [1.54, 1.807) is 10.7 Å². The fourth-order valence-corrected chi connectivity index (χ4v) is 1.90. The molecule has 0 aliphatic carbocycles. The molecule has 3 aromatic rings. The van der Waals surface area contributed by atoms with Gasteiger partial charge in [0.1, 0.15) is 11.6 Å². The van der Waals surface area contributed by atoms with E-state index in [0.717, 1.165) is 11.6 Å². The molecular formula is C14H12F2N4. The van der Waals surface area contributed by atoms with Gasteiger partial charge in [-0.05, 0) is 30.7 Å². The van der Waals surface area contributed by atoms with Crippen LogP contribution in [-0.2, 0) is 6.54 Å². The van der Waals surface area contributed by atoms with Crippen LogP contribution in [0.1, 0.15) is 11.1 Å². The van der Waals surface area contributed by atoms with Gasteiger partial charge in [0.2, 0.25) is 5.95 Å². The van der Waals surface area contributed by atoms with Gasteiger partial charge >= 0.3 is 0 Å². The summed E-state index contributed by atoms with van der Waals surface area (Å²) in [6, 6.07) is 7.30. The fraction of sp³-hybridized carbons (Fsp3) is 0.143. The first-order chi connectivity index (χ1) is 9.61. The molecule has 0 amide bonds. The number of fused-ring (bicyclic) bond motifs is 1. The van der Waals surface area contributed by atoms with Crippen LogP contribution in [0.5, 0.6) is 0 Å². The smallest absolute Gasteiger partial charge is 0.243 e. The first-order valence-electron chi connectivity index (χ1n) is 6.13. The second kappa shape index (κ2) is 4.88. The zero-order valence-electron chi connectivity index (χ0n) is 10.8. The topological polar surface area (TPSA) is 42.2 Å². The molecule has 0 bridgehead atoms. The zero-order valence-corrected chi connectivity index (χ0v) is 10.8. The van der Waals surface area contributed by atoms with E-state index in [1.165, 1.54) is 12.1 Å². The number of aryl methyl sites for hydroxylation is 1. The highest BCUT2D eigenvalue weighted by atomic mass is 19.1. The summed E-state index contributed by atoms with van der Waals surface area (Å²) in [7, 11) is 0. The Labute approximate surface area is 114 Å². The van der Waals surface area contributed by atoms with Crippen molar-refractivity contribution in [2.45, 2.75) is 13.5 Å². The van der Waals surface area contributed by atoms with Crippen LogP contribution >= 0.6 is 0 Å². The third-order valence-corrected chi connectivity index (χ3v) is 2.95. The maximum Gasteiger partial charge on any atom is 0.243 e. The Kier molecular flexibility index (Phi) is 3.06. The van der Waals surface area contributed by atoms with Gasteiger partial charge in [0.25, 0.3) is 0 Å². The van der Waals surface area contributed by atoms with Crippen LogP contribution in [0, 0.1) is 18.6 Å². The third-order valence-electron chi connectivity index (χ3n) is 2.95. The molecule has 6 heteroatoms. The average molecular weight is 274 g/mol. The van der Waals surface area contributed by atoms with Crippen LogP contribution in [0.3, 0.4) is 0 Å². The predicted molar refractivity (Wildman–Crippen MR) is 71.4 cm³/mol. The van der Waals surface area contributed by atoms with Gasteiger partial charge < -0.3 is 5.32 Å². The van der Waals surface area contributed by atoms with E-state index in [0.29, 0.717) is 17.2 Å². The van der Waals surface area contributed by atoms with E-state index in [1.807, 2.05) is 19.1 Å². The number of halogens is 2. The molecule has 0 aliphatic rings. The summed E-state index contributed by atoms with van der Waals surface area (Å²) >= 11 is 0. The zero-order chi connectivity index (χ0) is 14.1. The summed E-state index contributed by atoms with van der Waals surface area (Å²) in [5.74, 6) is -0.774. The molecule has 3 rings (SSSR count). The number of hydrogen-bond donors (Lipinski definition) is 1. The molecule has 0 fully saturated rings. The van der Waals surface area contributed by atoms with Crippen LogP contribution in [0.15, 0.2) is 36.5 Å². The molecule has 0 aliphatic heterocycles. The summed E-state index contributed by atoms with van der Waals surface area (Å²) in [6.45, 7) is 2.16. The van der Waals surface area contributed by atoms with Gasteiger partial charge in [-0.25, -0.2) is 13.3 Å². The summed E-state index contributed by atoms with van der Waals surface area (Å²) in [4.78, 5) is 4.28. The number of rotatable bonds is 3. The Balaban J connectivity index is 1.79. The molecule has 0 spiro atoms. The van der Waals surface area contributed by atoms with E-state index in [2.05, 4.69) is 15.4 Å². The first-order valence-corrected chi connectivity index (χ1v) is 6.13. The lowest BCUT2D eigenvalue weighted by Gasteiger charge is -2.03. The fourth-order valence-electron chi connectivity index (χ4n) is 1.90. The van der Waals surface area contributed by atoms with Gasteiger partial charge in [-0.1, -0.05) is 6.07 Å². The molecule has 0 atom stereocenters. The van der Waals surface area contributed by atoms with E-state index < -0.39 is 11.6 Å². The molecule has 0 saturated heterocycles. The van der Waals surface area contributed by atoms with Gasteiger partial charge in [0.05, 0.1) is 0 Å². The van der Waals surface area contributed by atoms with E-state index >= 15 is 0 Å². The first kappa shape index (κ1) is 12.5. The van der Waals surface area contributed by atoms with Gasteiger partial charge in [0, 0.05) is 24.4 Å². The molecule has 1 aromatic carbocycles. The molecule has 102 valence electrons. The molecule has 2 aromatic heterocycles. The lowest BCUT2D eigenvalue weighted by atomic mass is 10.2. The normalized spacial score (nSPS) is 10.9. The van der Waals surface area contributed by atoms with Gasteiger partial charge in [-0.3, -0.25) is 0 Å². The van der Waals surface area contributed by atoms with Gasteiger partial charge in [0.15, 0.2) is 5.65 Å². The minimum absolute atomic E-state index is 0.196. The largest absolute Gasteiger partial charge is 0.349 e. The minimum Gasteiger partial charge on any atom is -0.349 e. The molecule has 1 N–H and O–H groups in total. The van der Waals surface area contributed by atoms with Crippen molar-refractivity contribution in [3.8, 4) is 0 Å². The van der Waals surface area contributed by atoms with Crippen molar-refractivity contribution in [3.05, 3.63) is 59.3 Å². The standard InChI is InChI=1S/C14H12F2N4/c1-9-4-5-20-13(6-9)18-14(19-20)17-8-10-2-3-11(15)7-12(10)16/h2-7H,8H2,1H3,(H,17,19).